The molecule has 0 bridgehead atoms. The van der Waals surface area contributed by atoms with Crippen LogP contribution in [0, 0.1) is 13.8 Å². The summed E-state index contributed by atoms with van der Waals surface area (Å²) in [6.07, 6.45) is 1.55. The Balaban J connectivity index is 2.05. The molecule has 0 spiro atoms. The average Bonchev–Trinajstić information content (AvgIpc) is 2.58. The molecular weight excluding hydrogens is 300 g/mol. The van der Waals surface area contributed by atoms with E-state index in [1.807, 2.05) is 62.4 Å². The Kier molecular flexibility index (Phi) is 4.29. The number of carbonyl (C=O) groups is 1. The van der Waals surface area contributed by atoms with Gasteiger partial charge >= 0.3 is 0 Å². The molecule has 2 N–H and O–H groups in total. The Labute approximate surface area is 140 Å². The van der Waals surface area contributed by atoms with E-state index >= 15 is 0 Å². The van der Waals surface area contributed by atoms with Gasteiger partial charge in [-0.25, -0.2) is 0 Å². The predicted octanol–water partition coefficient (Wildman–Crippen LogP) is 3.91. The van der Waals surface area contributed by atoms with Gasteiger partial charge in [-0.1, -0.05) is 42.5 Å². The first-order valence-electron chi connectivity index (χ1n) is 7.72. The number of H-pyrrole nitrogens is 1. The molecule has 2 aromatic carbocycles. The summed E-state index contributed by atoms with van der Waals surface area (Å²) in [5, 5.41) is 2.86. The largest absolute Gasteiger partial charge is 0.328 e. The number of benzene rings is 2. The summed E-state index contributed by atoms with van der Waals surface area (Å²) < 4.78 is 0. The Morgan fingerprint density at radius 3 is 2.50 bits per heavy atom. The van der Waals surface area contributed by atoms with E-state index in [4.69, 9.17) is 0 Å². The van der Waals surface area contributed by atoms with Crippen LogP contribution in [0.2, 0.25) is 0 Å². The van der Waals surface area contributed by atoms with Crippen LogP contribution >= 0.6 is 0 Å². The van der Waals surface area contributed by atoms with E-state index in [9.17, 15) is 9.59 Å². The van der Waals surface area contributed by atoms with E-state index in [1.165, 1.54) is 0 Å². The maximum absolute atomic E-state index is 12.8. The third-order valence-electron chi connectivity index (χ3n) is 3.91. The van der Waals surface area contributed by atoms with Crippen LogP contribution in [0.1, 0.15) is 21.5 Å². The zero-order valence-corrected chi connectivity index (χ0v) is 13.6. The maximum Gasteiger partial charge on any atom is 0.261 e. The molecule has 4 heteroatoms. The first-order chi connectivity index (χ1) is 11.6. The van der Waals surface area contributed by atoms with Crippen molar-refractivity contribution < 1.29 is 4.79 Å². The van der Waals surface area contributed by atoms with Gasteiger partial charge in [0.2, 0.25) is 0 Å². The van der Waals surface area contributed by atoms with Crippen LogP contribution in [0.25, 0.3) is 11.1 Å². The van der Waals surface area contributed by atoms with Crippen LogP contribution in [0.4, 0.5) is 5.69 Å². The summed E-state index contributed by atoms with van der Waals surface area (Å²) in [5.74, 6) is -0.413. The zero-order chi connectivity index (χ0) is 17.1. The third-order valence-corrected chi connectivity index (χ3v) is 3.91. The summed E-state index contributed by atoms with van der Waals surface area (Å²) in [7, 11) is 0. The van der Waals surface area contributed by atoms with E-state index in [0.29, 0.717) is 11.3 Å². The maximum atomic E-state index is 12.8. The van der Waals surface area contributed by atoms with Crippen molar-refractivity contribution in [3.8, 4) is 11.1 Å². The molecule has 0 saturated carbocycles. The number of carbonyl (C=O) groups excluding carboxylic acids is 1. The molecule has 0 aliphatic carbocycles. The summed E-state index contributed by atoms with van der Waals surface area (Å²) >= 11 is 0. The molecule has 1 heterocycles. The fraction of sp³-hybridized carbons (Fsp3) is 0.100. The van der Waals surface area contributed by atoms with E-state index in [-0.39, 0.29) is 5.56 Å². The van der Waals surface area contributed by atoms with Gasteiger partial charge in [0.25, 0.3) is 11.5 Å². The van der Waals surface area contributed by atoms with Gasteiger partial charge in [0.05, 0.1) is 0 Å². The van der Waals surface area contributed by atoms with E-state index < -0.39 is 11.5 Å². The Morgan fingerprint density at radius 2 is 1.75 bits per heavy atom. The number of hydrogen-bond donors (Lipinski definition) is 2. The lowest BCUT2D eigenvalue weighted by Crippen LogP contribution is -2.24. The summed E-state index contributed by atoms with van der Waals surface area (Å²) in [5.41, 5.74) is 3.85. The Morgan fingerprint density at radius 1 is 1.00 bits per heavy atom. The van der Waals surface area contributed by atoms with Crippen molar-refractivity contribution in [2.75, 3.05) is 5.32 Å². The number of aryl methyl sites for hydroxylation is 2. The van der Waals surface area contributed by atoms with Gasteiger partial charge < -0.3 is 10.3 Å². The van der Waals surface area contributed by atoms with Crippen LogP contribution < -0.4 is 10.9 Å². The highest BCUT2D eigenvalue weighted by atomic mass is 16.2. The lowest BCUT2D eigenvalue weighted by atomic mass is 10.0. The minimum atomic E-state index is -0.413. The standard InChI is InChI=1S/C20H18N2O2/c1-13-8-9-14(2)17(12-13)22-20(24)18-16(10-11-21-19(18)23)15-6-4-3-5-7-15/h3-12H,1-2H3,(H,21,23)(H,22,24). The van der Waals surface area contributed by atoms with Gasteiger partial charge in [-0.3, -0.25) is 9.59 Å². The molecule has 3 aromatic rings. The second-order valence-electron chi connectivity index (χ2n) is 5.73. The summed E-state index contributed by atoms with van der Waals surface area (Å²) in [6.45, 7) is 3.88. The van der Waals surface area contributed by atoms with Crippen molar-refractivity contribution in [2.45, 2.75) is 13.8 Å². The number of aromatic amines is 1. The minimum Gasteiger partial charge on any atom is -0.328 e. The molecular formula is C20H18N2O2. The Hall–Kier alpha value is -3.14. The van der Waals surface area contributed by atoms with Gasteiger partial charge in [-0.15, -0.1) is 0 Å². The highest BCUT2D eigenvalue weighted by molar-refractivity contribution is 6.08. The van der Waals surface area contributed by atoms with Crippen molar-refractivity contribution in [2.24, 2.45) is 0 Å². The van der Waals surface area contributed by atoms with Gasteiger partial charge in [0.15, 0.2) is 0 Å². The predicted molar refractivity (Wildman–Crippen MR) is 96.4 cm³/mol. The highest BCUT2D eigenvalue weighted by Gasteiger charge is 2.17. The van der Waals surface area contributed by atoms with Crippen LogP contribution in [-0.2, 0) is 0 Å². The van der Waals surface area contributed by atoms with Crippen molar-refractivity contribution in [1.29, 1.82) is 0 Å². The topological polar surface area (TPSA) is 62.0 Å². The zero-order valence-electron chi connectivity index (χ0n) is 13.6. The van der Waals surface area contributed by atoms with Crippen LogP contribution in [0.5, 0.6) is 0 Å². The van der Waals surface area contributed by atoms with E-state index in [2.05, 4.69) is 10.3 Å². The second kappa shape index (κ2) is 6.54. The van der Waals surface area contributed by atoms with Crippen molar-refractivity contribution in [3.63, 3.8) is 0 Å². The molecule has 0 radical (unpaired) electrons. The van der Waals surface area contributed by atoms with Gasteiger partial charge in [0.1, 0.15) is 5.56 Å². The number of amides is 1. The fourth-order valence-electron chi connectivity index (χ4n) is 2.62. The number of rotatable bonds is 3. The molecule has 4 nitrogen and oxygen atoms in total. The van der Waals surface area contributed by atoms with Crippen LogP contribution in [0.3, 0.4) is 0 Å². The molecule has 0 aliphatic heterocycles. The lowest BCUT2D eigenvalue weighted by molar-refractivity contribution is 0.102. The van der Waals surface area contributed by atoms with Gasteiger partial charge in [-0.2, -0.15) is 0 Å². The minimum absolute atomic E-state index is 0.115. The highest BCUT2D eigenvalue weighted by Crippen LogP contribution is 2.23. The number of nitrogens with one attached hydrogen (secondary N) is 2. The summed E-state index contributed by atoms with van der Waals surface area (Å²) in [6, 6.07) is 17.0. The number of hydrogen-bond acceptors (Lipinski definition) is 2. The molecule has 0 fully saturated rings. The molecule has 1 aromatic heterocycles. The summed E-state index contributed by atoms with van der Waals surface area (Å²) in [4.78, 5) is 27.6. The number of pyridine rings is 1. The fourth-order valence-corrected chi connectivity index (χ4v) is 2.62. The van der Waals surface area contributed by atoms with Crippen LogP contribution in [-0.4, -0.2) is 10.9 Å². The molecule has 120 valence electrons. The first-order valence-corrected chi connectivity index (χ1v) is 7.72. The number of aromatic nitrogens is 1. The quantitative estimate of drug-likeness (QED) is 0.769. The lowest BCUT2D eigenvalue weighted by Gasteiger charge is -2.12. The third kappa shape index (κ3) is 3.13. The molecule has 0 saturated heterocycles. The molecule has 1 amide bonds. The van der Waals surface area contributed by atoms with Gasteiger partial charge in [0, 0.05) is 17.4 Å². The van der Waals surface area contributed by atoms with Crippen molar-refractivity contribution in [3.05, 3.63) is 87.8 Å². The number of anilines is 1. The molecule has 0 aliphatic rings. The monoisotopic (exact) mass is 318 g/mol. The SMILES string of the molecule is Cc1ccc(C)c(NC(=O)c2c(-c3ccccc3)cc[nH]c2=O)c1. The first kappa shape index (κ1) is 15.7. The Bertz CT molecular complexity index is 943. The molecule has 0 unspecified atom stereocenters. The van der Waals surface area contributed by atoms with E-state index in [1.54, 1.807) is 12.3 Å². The molecule has 3 rings (SSSR count). The normalized spacial score (nSPS) is 10.4. The smallest absolute Gasteiger partial charge is 0.261 e. The van der Waals surface area contributed by atoms with Crippen LogP contribution in [0.15, 0.2) is 65.6 Å². The molecule has 24 heavy (non-hydrogen) atoms. The second-order valence-corrected chi connectivity index (χ2v) is 5.73. The van der Waals surface area contributed by atoms with Gasteiger partial charge in [-0.05, 0) is 42.7 Å². The van der Waals surface area contributed by atoms with E-state index in [0.717, 1.165) is 16.7 Å². The average molecular weight is 318 g/mol. The molecule has 0 atom stereocenters. The van der Waals surface area contributed by atoms with Crippen molar-refractivity contribution in [1.82, 2.24) is 4.98 Å². The van der Waals surface area contributed by atoms with Crippen molar-refractivity contribution >= 4 is 11.6 Å².